The molecule has 1 N–H and O–H groups in total. The van der Waals surface area contributed by atoms with Crippen molar-refractivity contribution in [3.8, 4) is 5.75 Å². The van der Waals surface area contributed by atoms with Gasteiger partial charge >= 0.3 is 15.5 Å². The molecule has 3 aliphatic heterocycles. The van der Waals surface area contributed by atoms with Crippen LogP contribution >= 0.6 is 0 Å². The molecule has 1 aromatic heterocycles. The van der Waals surface area contributed by atoms with E-state index in [1.165, 1.54) is 18.4 Å². The summed E-state index contributed by atoms with van der Waals surface area (Å²) in [6.45, 7) is 5.64. The summed E-state index contributed by atoms with van der Waals surface area (Å²) in [5.74, 6) is 0.0983. The minimum absolute atomic E-state index is 0.0215. The van der Waals surface area contributed by atoms with Crippen LogP contribution in [0.1, 0.15) is 62.0 Å². The molecule has 4 atom stereocenters. The third-order valence-corrected chi connectivity index (χ3v) is 9.59. The van der Waals surface area contributed by atoms with E-state index in [0.29, 0.717) is 18.8 Å². The highest BCUT2D eigenvalue weighted by Gasteiger charge is 2.53. The number of hydrogen-bond acceptors (Lipinski definition) is 7. The third kappa shape index (κ3) is 5.18. The Kier molecular flexibility index (Phi) is 7.59. The van der Waals surface area contributed by atoms with Gasteiger partial charge < -0.3 is 10.1 Å². The van der Waals surface area contributed by atoms with E-state index < -0.39 is 27.5 Å². The number of halogens is 3. The van der Waals surface area contributed by atoms with E-state index in [-0.39, 0.29) is 34.3 Å². The van der Waals surface area contributed by atoms with Crippen molar-refractivity contribution in [3.63, 3.8) is 0 Å². The smallest absolute Gasteiger partial charge is 0.493 e. The van der Waals surface area contributed by atoms with Crippen molar-refractivity contribution in [2.75, 3.05) is 20.2 Å². The van der Waals surface area contributed by atoms with Crippen LogP contribution in [0.4, 0.5) is 13.2 Å². The number of sulfonamides is 1. The Labute approximate surface area is 231 Å². The van der Waals surface area contributed by atoms with Crippen molar-refractivity contribution in [2.45, 2.75) is 63.2 Å². The Balaban J connectivity index is 1.45. The van der Waals surface area contributed by atoms with Crippen molar-refractivity contribution >= 4 is 15.9 Å². The van der Waals surface area contributed by atoms with Crippen LogP contribution in [0.2, 0.25) is 0 Å². The number of benzene rings is 1. The van der Waals surface area contributed by atoms with E-state index in [4.69, 9.17) is 4.74 Å². The molecule has 10 nitrogen and oxygen atoms in total. The first-order chi connectivity index (χ1) is 18.9. The van der Waals surface area contributed by atoms with Crippen LogP contribution in [0.5, 0.6) is 5.75 Å². The number of hydrogen-bond donors (Lipinski definition) is 1. The molecule has 0 saturated carbocycles. The maximum absolute atomic E-state index is 13.3. The highest BCUT2D eigenvalue weighted by atomic mass is 32.2. The zero-order chi connectivity index (χ0) is 28.8. The number of nitrogens with zero attached hydrogens (tertiary/aromatic N) is 5. The molecule has 0 spiro atoms. The molecule has 1 fully saturated rings. The lowest BCUT2D eigenvalue weighted by Crippen LogP contribution is -2.53. The molecular formula is C26H33F3N6O4S. The van der Waals surface area contributed by atoms with Crippen LogP contribution in [0.15, 0.2) is 36.8 Å². The van der Waals surface area contributed by atoms with Gasteiger partial charge in [0, 0.05) is 42.5 Å². The van der Waals surface area contributed by atoms with Gasteiger partial charge in [0.2, 0.25) is 5.91 Å². The highest BCUT2D eigenvalue weighted by Crippen LogP contribution is 2.43. The lowest BCUT2D eigenvalue weighted by Gasteiger charge is -2.37. The highest BCUT2D eigenvalue weighted by molar-refractivity contribution is 7.90. The number of amides is 1. The van der Waals surface area contributed by atoms with E-state index >= 15 is 0 Å². The summed E-state index contributed by atoms with van der Waals surface area (Å²) in [5.41, 5.74) is -3.27. The van der Waals surface area contributed by atoms with Gasteiger partial charge in [0.25, 0.3) is 0 Å². The molecule has 1 aromatic carbocycles. The maximum atomic E-state index is 13.3. The second kappa shape index (κ2) is 10.7. The zero-order valence-electron chi connectivity index (χ0n) is 22.5. The van der Waals surface area contributed by atoms with E-state index in [1.807, 2.05) is 6.07 Å². The molecule has 218 valence electrons. The quantitative estimate of drug-likeness (QED) is 0.557. The second-order valence-electron chi connectivity index (χ2n) is 11.0. The van der Waals surface area contributed by atoms with Crippen molar-refractivity contribution in [1.29, 1.82) is 0 Å². The van der Waals surface area contributed by atoms with Gasteiger partial charge in [0.15, 0.2) is 0 Å². The Morgan fingerprint density at radius 1 is 1.23 bits per heavy atom. The average Bonchev–Trinajstić information content (AvgIpc) is 3.36. The predicted octanol–water partition coefficient (Wildman–Crippen LogP) is 3.35. The van der Waals surface area contributed by atoms with Gasteiger partial charge in [-0.1, -0.05) is 37.6 Å². The summed E-state index contributed by atoms with van der Waals surface area (Å²) >= 11 is 0. The second-order valence-corrected chi connectivity index (χ2v) is 12.8. The first-order valence-corrected chi connectivity index (χ1v) is 14.8. The minimum Gasteiger partial charge on any atom is -0.493 e. The molecule has 4 heterocycles. The van der Waals surface area contributed by atoms with E-state index in [9.17, 15) is 26.4 Å². The number of aromatic nitrogens is 3. The first-order valence-electron chi connectivity index (χ1n) is 13.3. The van der Waals surface area contributed by atoms with Gasteiger partial charge in [-0.15, -0.1) is 5.10 Å². The monoisotopic (exact) mass is 582 g/mol. The molecule has 1 amide bonds. The fraction of sp³-hybridized carbons (Fsp3) is 0.577. The number of rotatable bonds is 6. The SMILES string of the molecule is CC(C)C1COc2cc(C3CCCCN3C)ccc2C1n1cc(CC2C(=O)NC=CN2S(=O)(=O)C(F)(F)F)nn1. The number of carbonyl (C=O) groups excluding carboxylic acids is 1. The predicted molar refractivity (Wildman–Crippen MR) is 139 cm³/mol. The van der Waals surface area contributed by atoms with E-state index in [2.05, 4.69) is 53.6 Å². The third-order valence-electron chi connectivity index (χ3n) is 8.08. The molecule has 0 aliphatic carbocycles. The largest absolute Gasteiger partial charge is 0.516 e. The summed E-state index contributed by atoms with van der Waals surface area (Å²) in [6, 6.07) is 4.62. The fourth-order valence-electron chi connectivity index (χ4n) is 5.83. The summed E-state index contributed by atoms with van der Waals surface area (Å²) in [5, 5.41) is 10.7. The van der Waals surface area contributed by atoms with Gasteiger partial charge in [0.1, 0.15) is 11.8 Å². The Hall–Kier alpha value is -3.13. The molecule has 2 aromatic rings. The molecule has 40 heavy (non-hydrogen) atoms. The van der Waals surface area contributed by atoms with Crippen LogP contribution in [-0.2, 0) is 21.2 Å². The van der Waals surface area contributed by atoms with Gasteiger partial charge in [-0.3, -0.25) is 14.0 Å². The van der Waals surface area contributed by atoms with Crippen LogP contribution < -0.4 is 10.1 Å². The number of carbonyl (C=O) groups is 1. The maximum Gasteiger partial charge on any atom is 0.516 e. The molecule has 1 saturated heterocycles. The van der Waals surface area contributed by atoms with Crippen molar-refractivity contribution in [3.05, 3.63) is 53.6 Å². The molecule has 0 bridgehead atoms. The number of ether oxygens (including phenoxy) is 1. The summed E-state index contributed by atoms with van der Waals surface area (Å²) < 4.78 is 72.0. The van der Waals surface area contributed by atoms with Gasteiger partial charge in [-0.2, -0.15) is 21.6 Å². The number of likely N-dealkylation sites (tertiary alicyclic amines) is 1. The van der Waals surface area contributed by atoms with Crippen LogP contribution in [0.25, 0.3) is 0 Å². The van der Waals surface area contributed by atoms with Crippen LogP contribution in [0.3, 0.4) is 0 Å². The van der Waals surface area contributed by atoms with Gasteiger partial charge in [0.05, 0.1) is 18.3 Å². The summed E-state index contributed by atoms with van der Waals surface area (Å²) in [6.07, 6.45) is 6.17. The average molecular weight is 583 g/mol. The molecule has 14 heteroatoms. The van der Waals surface area contributed by atoms with E-state index in [1.54, 1.807) is 10.9 Å². The number of fused-ring (bicyclic) bond motifs is 1. The summed E-state index contributed by atoms with van der Waals surface area (Å²) in [4.78, 5) is 14.8. The number of alkyl halides is 3. The molecule has 3 aliphatic rings. The molecule has 4 unspecified atom stereocenters. The van der Waals surface area contributed by atoms with Crippen LogP contribution in [-0.4, -0.2) is 70.3 Å². The molecule has 0 radical (unpaired) electrons. The molecule has 5 rings (SSSR count). The topological polar surface area (TPSA) is 110 Å². The Bertz CT molecular complexity index is 1390. The van der Waals surface area contributed by atoms with E-state index in [0.717, 1.165) is 30.5 Å². The van der Waals surface area contributed by atoms with Crippen molar-refractivity contribution < 1.29 is 31.1 Å². The molecular weight excluding hydrogens is 549 g/mol. The number of piperidine rings is 1. The Morgan fingerprint density at radius 3 is 2.70 bits per heavy atom. The lowest BCUT2D eigenvalue weighted by atomic mass is 9.82. The minimum atomic E-state index is -5.78. The van der Waals surface area contributed by atoms with Crippen molar-refractivity contribution in [1.82, 2.24) is 29.5 Å². The number of nitrogens with one attached hydrogen (secondary N) is 1. The standard InChI is InChI=1S/C26H33F3N6O4S/c1-16(2)20-15-39-23-12-17(21-6-4-5-10-33(21)3)7-8-19(23)24(20)34-14-18(31-32-34)13-22-25(36)30-9-11-35(22)40(37,38)26(27,28)29/h7-9,11-12,14,16,20-22,24H,4-6,10,13,15H2,1-3H3,(H,30,36). The lowest BCUT2D eigenvalue weighted by molar-refractivity contribution is -0.124. The Morgan fingerprint density at radius 2 is 2.00 bits per heavy atom. The fourth-order valence-corrected chi connectivity index (χ4v) is 6.79. The first kappa shape index (κ1) is 28.4. The van der Waals surface area contributed by atoms with Gasteiger partial charge in [-0.05, 0) is 44.0 Å². The zero-order valence-corrected chi connectivity index (χ0v) is 23.3. The normalized spacial score (nSPS) is 26.0. The van der Waals surface area contributed by atoms with Crippen LogP contribution in [0, 0.1) is 11.8 Å². The van der Waals surface area contributed by atoms with Crippen molar-refractivity contribution in [2.24, 2.45) is 11.8 Å². The van der Waals surface area contributed by atoms with Gasteiger partial charge in [-0.25, -0.2) is 4.68 Å². The summed E-state index contributed by atoms with van der Waals surface area (Å²) in [7, 11) is -3.66.